The normalized spacial score (nSPS) is 21.6. The van der Waals surface area contributed by atoms with Gasteiger partial charge in [0.1, 0.15) is 11.6 Å². The summed E-state index contributed by atoms with van der Waals surface area (Å²) in [5.74, 6) is 0.271. The van der Waals surface area contributed by atoms with Gasteiger partial charge in [-0.1, -0.05) is 0 Å². The number of aromatic nitrogens is 1. The van der Waals surface area contributed by atoms with Crippen LogP contribution in [0.3, 0.4) is 0 Å². The highest BCUT2D eigenvalue weighted by molar-refractivity contribution is 5.35. The number of halogens is 1. The molecule has 0 spiro atoms. The molecule has 1 aromatic heterocycles. The number of aromatic hydroxyl groups is 1. The number of ether oxygens (including phenoxy) is 2. The fourth-order valence-electron chi connectivity index (χ4n) is 3.05. The second kappa shape index (κ2) is 7.15. The van der Waals surface area contributed by atoms with Crippen molar-refractivity contribution in [2.45, 2.75) is 31.5 Å². The number of phenolic OH excluding ortho intramolecular Hbond substituents is 1. The van der Waals surface area contributed by atoms with Crippen molar-refractivity contribution in [3.8, 4) is 11.6 Å². The molecule has 1 saturated heterocycles. The Bertz CT molecular complexity index is 693. The van der Waals surface area contributed by atoms with Gasteiger partial charge in [0, 0.05) is 42.1 Å². The fraction of sp³-hybridized carbons (Fsp3) is 0.389. The van der Waals surface area contributed by atoms with Crippen LogP contribution in [0.4, 0.5) is 4.39 Å². The molecule has 0 bridgehead atoms. The average molecular weight is 332 g/mol. The number of hydrogen-bond donors (Lipinski definition) is 2. The average Bonchev–Trinajstić information content (AvgIpc) is 3.05. The smallest absolute Gasteiger partial charge is 0.212 e. The summed E-state index contributed by atoms with van der Waals surface area (Å²) in [6.07, 6.45) is 2.44. The Morgan fingerprint density at radius 3 is 2.92 bits per heavy atom. The van der Waals surface area contributed by atoms with Gasteiger partial charge in [0.25, 0.3) is 0 Å². The molecule has 1 aromatic carbocycles. The molecule has 1 fully saturated rings. The lowest BCUT2D eigenvalue weighted by Crippen LogP contribution is -2.34. The molecule has 1 aliphatic rings. The quantitative estimate of drug-likeness (QED) is 0.881. The van der Waals surface area contributed by atoms with Crippen LogP contribution in [-0.2, 0) is 4.74 Å². The predicted molar refractivity (Wildman–Crippen MR) is 87.5 cm³/mol. The number of rotatable bonds is 5. The van der Waals surface area contributed by atoms with Crippen LogP contribution in [0.5, 0.6) is 11.6 Å². The van der Waals surface area contributed by atoms with Crippen molar-refractivity contribution in [3.63, 3.8) is 0 Å². The predicted octanol–water partition coefficient (Wildman–Crippen LogP) is 3.12. The van der Waals surface area contributed by atoms with Crippen LogP contribution in [0.1, 0.15) is 36.6 Å². The molecule has 1 aliphatic heterocycles. The molecule has 3 rings (SSSR count). The standard InChI is InChI=1S/C18H21FN2O3/c1-11(14-9-13(19)4-5-16(14)22)21-15-7-8-24-18(15)12-3-6-17(23-2)20-10-12/h3-6,9-11,15,18,21-22H,7-8H2,1-2H3/t11?,15-,18+/m0/s1. The van der Waals surface area contributed by atoms with Gasteiger partial charge in [0.05, 0.1) is 13.2 Å². The molecule has 1 unspecified atom stereocenters. The summed E-state index contributed by atoms with van der Waals surface area (Å²) in [5, 5.41) is 13.4. The highest BCUT2D eigenvalue weighted by Gasteiger charge is 2.31. The van der Waals surface area contributed by atoms with Crippen molar-refractivity contribution in [2.24, 2.45) is 0 Å². The molecule has 2 N–H and O–H groups in total. The Kier molecular flexibility index (Phi) is 4.97. The van der Waals surface area contributed by atoms with Crippen LogP contribution in [-0.4, -0.2) is 29.8 Å². The number of pyridine rings is 1. The van der Waals surface area contributed by atoms with Crippen LogP contribution >= 0.6 is 0 Å². The molecular weight excluding hydrogens is 311 g/mol. The number of nitrogens with zero attached hydrogens (tertiary/aromatic N) is 1. The highest BCUT2D eigenvalue weighted by atomic mass is 19.1. The maximum Gasteiger partial charge on any atom is 0.212 e. The van der Waals surface area contributed by atoms with Gasteiger partial charge in [-0.05, 0) is 37.6 Å². The molecule has 0 saturated carbocycles. The first-order valence-corrected chi connectivity index (χ1v) is 7.94. The van der Waals surface area contributed by atoms with E-state index in [0.717, 1.165) is 12.0 Å². The molecule has 128 valence electrons. The monoisotopic (exact) mass is 332 g/mol. The summed E-state index contributed by atoms with van der Waals surface area (Å²) in [6.45, 7) is 2.53. The van der Waals surface area contributed by atoms with Crippen LogP contribution in [0.2, 0.25) is 0 Å². The van der Waals surface area contributed by atoms with E-state index in [0.29, 0.717) is 18.1 Å². The molecule has 3 atom stereocenters. The summed E-state index contributed by atoms with van der Waals surface area (Å²) in [5.41, 5.74) is 1.50. The number of benzene rings is 1. The number of phenols is 1. The van der Waals surface area contributed by atoms with Gasteiger partial charge in [0.15, 0.2) is 0 Å². The fourth-order valence-corrected chi connectivity index (χ4v) is 3.05. The maximum absolute atomic E-state index is 13.5. The molecule has 5 nitrogen and oxygen atoms in total. The van der Waals surface area contributed by atoms with Crippen LogP contribution in [0, 0.1) is 5.82 Å². The van der Waals surface area contributed by atoms with Crippen LogP contribution in [0.15, 0.2) is 36.5 Å². The van der Waals surface area contributed by atoms with E-state index in [1.807, 2.05) is 13.0 Å². The van der Waals surface area contributed by atoms with E-state index in [9.17, 15) is 9.50 Å². The highest BCUT2D eigenvalue weighted by Crippen LogP contribution is 2.32. The van der Waals surface area contributed by atoms with E-state index in [1.54, 1.807) is 19.4 Å². The van der Waals surface area contributed by atoms with Gasteiger partial charge in [-0.3, -0.25) is 0 Å². The first-order valence-electron chi connectivity index (χ1n) is 7.94. The third-order valence-corrected chi connectivity index (χ3v) is 4.31. The Morgan fingerprint density at radius 1 is 1.38 bits per heavy atom. The minimum atomic E-state index is -0.366. The number of methoxy groups -OCH3 is 1. The largest absolute Gasteiger partial charge is 0.508 e. The minimum Gasteiger partial charge on any atom is -0.508 e. The first-order chi connectivity index (χ1) is 11.6. The lowest BCUT2D eigenvalue weighted by molar-refractivity contribution is 0.0963. The van der Waals surface area contributed by atoms with E-state index in [4.69, 9.17) is 9.47 Å². The molecular formula is C18H21FN2O3. The zero-order valence-electron chi connectivity index (χ0n) is 13.7. The van der Waals surface area contributed by atoms with Crippen molar-refractivity contribution in [2.75, 3.05) is 13.7 Å². The van der Waals surface area contributed by atoms with Gasteiger partial charge in [-0.2, -0.15) is 0 Å². The van der Waals surface area contributed by atoms with Gasteiger partial charge < -0.3 is 19.9 Å². The summed E-state index contributed by atoms with van der Waals surface area (Å²) < 4.78 is 24.4. The van der Waals surface area contributed by atoms with Crippen molar-refractivity contribution in [1.82, 2.24) is 10.3 Å². The Morgan fingerprint density at radius 2 is 2.21 bits per heavy atom. The lowest BCUT2D eigenvalue weighted by Gasteiger charge is -2.25. The van der Waals surface area contributed by atoms with Crippen LogP contribution < -0.4 is 10.1 Å². The zero-order valence-corrected chi connectivity index (χ0v) is 13.7. The van der Waals surface area contributed by atoms with Crippen molar-refractivity contribution in [1.29, 1.82) is 0 Å². The topological polar surface area (TPSA) is 63.6 Å². The maximum atomic E-state index is 13.5. The molecule has 0 amide bonds. The Labute approximate surface area is 140 Å². The van der Waals surface area contributed by atoms with Gasteiger partial charge in [-0.25, -0.2) is 9.37 Å². The van der Waals surface area contributed by atoms with Crippen molar-refractivity contribution in [3.05, 3.63) is 53.5 Å². The van der Waals surface area contributed by atoms with E-state index in [1.165, 1.54) is 18.2 Å². The van der Waals surface area contributed by atoms with Gasteiger partial charge >= 0.3 is 0 Å². The molecule has 0 aliphatic carbocycles. The van der Waals surface area contributed by atoms with E-state index in [2.05, 4.69) is 10.3 Å². The third kappa shape index (κ3) is 3.49. The zero-order chi connectivity index (χ0) is 17.1. The molecule has 24 heavy (non-hydrogen) atoms. The van der Waals surface area contributed by atoms with Crippen molar-refractivity contribution < 1.29 is 19.0 Å². The van der Waals surface area contributed by atoms with E-state index in [-0.39, 0.29) is 29.8 Å². The Hall–Kier alpha value is -2.18. The van der Waals surface area contributed by atoms with Crippen molar-refractivity contribution >= 4 is 0 Å². The number of nitrogens with one attached hydrogen (secondary N) is 1. The lowest BCUT2D eigenvalue weighted by atomic mass is 10.0. The second-order valence-corrected chi connectivity index (χ2v) is 5.91. The summed E-state index contributed by atoms with van der Waals surface area (Å²) in [7, 11) is 1.57. The van der Waals surface area contributed by atoms with E-state index < -0.39 is 0 Å². The first kappa shape index (κ1) is 16.7. The molecule has 2 aromatic rings. The SMILES string of the molecule is COc1ccc([C@H]2OCC[C@@H]2NC(C)c2cc(F)ccc2O)cn1. The Balaban J connectivity index is 1.74. The summed E-state index contributed by atoms with van der Waals surface area (Å²) in [4.78, 5) is 4.22. The molecule has 2 heterocycles. The van der Waals surface area contributed by atoms with Gasteiger partial charge in [-0.15, -0.1) is 0 Å². The summed E-state index contributed by atoms with van der Waals surface area (Å²) in [6, 6.07) is 7.55. The minimum absolute atomic E-state index is 0.0536. The number of hydrogen-bond acceptors (Lipinski definition) is 5. The van der Waals surface area contributed by atoms with Gasteiger partial charge in [0.2, 0.25) is 5.88 Å². The molecule has 0 radical (unpaired) electrons. The van der Waals surface area contributed by atoms with Crippen LogP contribution in [0.25, 0.3) is 0 Å². The second-order valence-electron chi connectivity index (χ2n) is 5.91. The molecule has 6 heteroatoms. The third-order valence-electron chi connectivity index (χ3n) is 4.31. The summed E-state index contributed by atoms with van der Waals surface area (Å²) >= 11 is 0. The van der Waals surface area contributed by atoms with E-state index >= 15 is 0 Å².